The van der Waals surface area contributed by atoms with Crippen molar-refractivity contribution in [1.29, 1.82) is 0 Å². The molecule has 0 aliphatic heterocycles. The zero-order valence-corrected chi connectivity index (χ0v) is 11.6. The standard InChI is InChI=1S/C15H24N2O/c1-4-12(2)13-7-9-14(10-8-13)17(3)15(18)6-5-11-16/h7-10,12H,4-6,11,16H2,1-3H3. The van der Waals surface area contributed by atoms with Gasteiger partial charge >= 0.3 is 0 Å². The molecule has 0 fully saturated rings. The summed E-state index contributed by atoms with van der Waals surface area (Å²) in [5.41, 5.74) is 7.68. The third-order valence-electron chi connectivity index (χ3n) is 3.43. The minimum atomic E-state index is 0.122. The second-order valence-corrected chi connectivity index (χ2v) is 4.75. The maximum atomic E-state index is 11.8. The molecule has 1 aromatic rings. The summed E-state index contributed by atoms with van der Waals surface area (Å²) >= 11 is 0. The molecule has 18 heavy (non-hydrogen) atoms. The summed E-state index contributed by atoms with van der Waals surface area (Å²) in [5, 5.41) is 0. The number of carbonyl (C=O) groups excluding carboxylic acids is 1. The molecule has 3 nitrogen and oxygen atoms in total. The number of nitrogens with two attached hydrogens (primary N) is 1. The fraction of sp³-hybridized carbons (Fsp3) is 0.533. The number of anilines is 1. The van der Waals surface area contributed by atoms with Gasteiger partial charge in [-0.2, -0.15) is 0 Å². The molecule has 0 aliphatic rings. The Kier molecular flexibility index (Phi) is 5.86. The molecule has 0 heterocycles. The Morgan fingerprint density at radius 1 is 1.33 bits per heavy atom. The molecule has 0 aliphatic carbocycles. The number of benzene rings is 1. The van der Waals surface area contributed by atoms with Crippen molar-refractivity contribution in [3.05, 3.63) is 29.8 Å². The lowest BCUT2D eigenvalue weighted by atomic mass is 9.98. The first-order valence-corrected chi connectivity index (χ1v) is 6.66. The smallest absolute Gasteiger partial charge is 0.226 e. The minimum absolute atomic E-state index is 0.122. The Labute approximate surface area is 110 Å². The molecule has 0 spiro atoms. The van der Waals surface area contributed by atoms with Gasteiger partial charge in [0.25, 0.3) is 0 Å². The number of rotatable bonds is 6. The van der Waals surface area contributed by atoms with E-state index in [0.29, 0.717) is 18.9 Å². The first-order chi connectivity index (χ1) is 8.60. The van der Waals surface area contributed by atoms with Gasteiger partial charge in [-0.3, -0.25) is 4.79 Å². The van der Waals surface area contributed by atoms with Crippen LogP contribution in [0.1, 0.15) is 44.6 Å². The molecule has 100 valence electrons. The van der Waals surface area contributed by atoms with Gasteiger partial charge in [-0.1, -0.05) is 26.0 Å². The summed E-state index contributed by atoms with van der Waals surface area (Å²) in [6, 6.07) is 8.25. The average Bonchev–Trinajstić information content (AvgIpc) is 2.43. The topological polar surface area (TPSA) is 46.3 Å². The monoisotopic (exact) mass is 248 g/mol. The van der Waals surface area contributed by atoms with E-state index in [1.165, 1.54) is 5.56 Å². The van der Waals surface area contributed by atoms with Gasteiger partial charge in [-0.15, -0.1) is 0 Å². The second-order valence-electron chi connectivity index (χ2n) is 4.75. The van der Waals surface area contributed by atoms with Crippen LogP contribution in [0.2, 0.25) is 0 Å². The molecule has 1 amide bonds. The van der Waals surface area contributed by atoms with Crippen LogP contribution in [0.15, 0.2) is 24.3 Å². The van der Waals surface area contributed by atoms with Crippen LogP contribution in [-0.4, -0.2) is 19.5 Å². The van der Waals surface area contributed by atoms with Crippen molar-refractivity contribution < 1.29 is 4.79 Å². The first-order valence-electron chi connectivity index (χ1n) is 6.66. The van der Waals surface area contributed by atoms with Crippen LogP contribution in [0.3, 0.4) is 0 Å². The van der Waals surface area contributed by atoms with E-state index < -0.39 is 0 Å². The van der Waals surface area contributed by atoms with Crippen LogP contribution >= 0.6 is 0 Å². The van der Waals surface area contributed by atoms with Crippen LogP contribution in [0, 0.1) is 0 Å². The minimum Gasteiger partial charge on any atom is -0.330 e. The van der Waals surface area contributed by atoms with Gasteiger partial charge in [-0.25, -0.2) is 0 Å². The van der Waals surface area contributed by atoms with Crippen molar-refractivity contribution >= 4 is 11.6 Å². The van der Waals surface area contributed by atoms with Crippen molar-refractivity contribution in [2.45, 2.75) is 39.0 Å². The fourth-order valence-corrected chi connectivity index (χ4v) is 1.83. The van der Waals surface area contributed by atoms with Crippen molar-refractivity contribution in [3.8, 4) is 0 Å². The van der Waals surface area contributed by atoms with Gasteiger partial charge in [0, 0.05) is 19.2 Å². The quantitative estimate of drug-likeness (QED) is 0.841. The predicted molar refractivity (Wildman–Crippen MR) is 76.8 cm³/mol. The van der Waals surface area contributed by atoms with Crippen LogP contribution in [0.4, 0.5) is 5.69 Å². The van der Waals surface area contributed by atoms with E-state index in [2.05, 4.69) is 26.0 Å². The molecule has 0 bridgehead atoms. The van der Waals surface area contributed by atoms with Crippen molar-refractivity contribution in [3.63, 3.8) is 0 Å². The summed E-state index contributed by atoms with van der Waals surface area (Å²) in [6.07, 6.45) is 2.39. The van der Waals surface area contributed by atoms with E-state index in [0.717, 1.165) is 18.5 Å². The molecule has 0 radical (unpaired) electrons. The first kappa shape index (κ1) is 14.7. The highest BCUT2D eigenvalue weighted by molar-refractivity contribution is 5.92. The van der Waals surface area contributed by atoms with Gasteiger partial charge in [0.05, 0.1) is 0 Å². The summed E-state index contributed by atoms with van der Waals surface area (Å²) in [5.74, 6) is 0.689. The van der Waals surface area contributed by atoms with Crippen LogP contribution in [0.5, 0.6) is 0 Å². The predicted octanol–water partition coefficient (Wildman–Crippen LogP) is 2.90. The zero-order valence-electron chi connectivity index (χ0n) is 11.6. The number of amides is 1. The number of hydrogen-bond donors (Lipinski definition) is 1. The van der Waals surface area contributed by atoms with Crippen molar-refractivity contribution in [1.82, 2.24) is 0 Å². The molecular weight excluding hydrogens is 224 g/mol. The van der Waals surface area contributed by atoms with E-state index in [9.17, 15) is 4.79 Å². The lowest BCUT2D eigenvalue weighted by Crippen LogP contribution is -2.26. The number of nitrogens with zero attached hydrogens (tertiary/aromatic N) is 1. The molecule has 0 saturated heterocycles. The van der Waals surface area contributed by atoms with E-state index in [-0.39, 0.29) is 5.91 Å². The molecule has 3 heteroatoms. The van der Waals surface area contributed by atoms with Crippen LogP contribution in [-0.2, 0) is 4.79 Å². The van der Waals surface area contributed by atoms with Gasteiger partial charge in [0.15, 0.2) is 0 Å². The van der Waals surface area contributed by atoms with Gasteiger partial charge < -0.3 is 10.6 Å². The molecule has 0 aromatic heterocycles. The molecule has 1 rings (SSSR count). The van der Waals surface area contributed by atoms with Crippen LogP contribution in [0.25, 0.3) is 0 Å². The third-order valence-corrected chi connectivity index (χ3v) is 3.43. The third kappa shape index (κ3) is 3.84. The highest BCUT2D eigenvalue weighted by Gasteiger charge is 2.10. The molecular formula is C15H24N2O. The van der Waals surface area contributed by atoms with Gasteiger partial charge in [0.1, 0.15) is 0 Å². The Bertz CT molecular complexity index is 373. The Balaban J connectivity index is 2.69. The second kappa shape index (κ2) is 7.17. The lowest BCUT2D eigenvalue weighted by molar-refractivity contribution is -0.118. The normalized spacial score (nSPS) is 12.2. The fourth-order valence-electron chi connectivity index (χ4n) is 1.83. The molecule has 1 atom stereocenters. The van der Waals surface area contributed by atoms with E-state index >= 15 is 0 Å². The maximum absolute atomic E-state index is 11.8. The Hall–Kier alpha value is -1.35. The van der Waals surface area contributed by atoms with Gasteiger partial charge in [-0.05, 0) is 43.0 Å². The maximum Gasteiger partial charge on any atom is 0.226 e. The molecule has 1 aromatic carbocycles. The molecule has 2 N–H and O–H groups in total. The van der Waals surface area contributed by atoms with E-state index in [1.54, 1.807) is 4.90 Å². The van der Waals surface area contributed by atoms with Crippen molar-refractivity contribution in [2.75, 3.05) is 18.5 Å². The molecule has 1 unspecified atom stereocenters. The average molecular weight is 248 g/mol. The zero-order chi connectivity index (χ0) is 13.5. The Morgan fingerprint density at radius 3 is 2.44 bits per heavy atom. The number of hydrogen-bond acceptors (Lipinski definition) is 2. The van der Waals surface area contributed by atoms with Gasteiger partial charge in [0.2, 0.25) is 5.91 Å². The summed E-state index contributed by atoms with van der Waals surface area (Å²) in [6.45, 7) is 4.96. The lowest BCUT2D eigenvalue weighted by Gasteiger charge is -2.18. The highest BCUT2D eigenvalue weighted by atomic mass is 16.2. The summed E-state index contributed by atoms with van der Waals surface area (Å²) < 4.78 is 0. The molecule has 0 saturated carbocycles. The number of carbonyl (C=O) groups is 1. The summed E-state index contributed by atoms with van der Waals surface area (Å²) in [7, 11) is 1.82. The highest BCUT2D eigenvalue weighted by Crippen LogP contribution is 2.22. The Morgan fingerprint density at radius 2 is 1.94 bits per heavy atom. The van der Waals surface area contributed by atoms with E-state index in [4.69, 9.17) is 5.73 Å². The SMILES string of the molecule is CCC(C)c1ccc(N(C)C(=O)CCCN)cc1. The van der Waals surface area contributed by atoms with Crippen LogP contribution < -0.4 is 10.6 Å². The van der Waals surface area contributed by atoms with E-state index in [1.807, 2.05) is 19.2 Å². The summed E-state index contributed by atoms with van der Waals surface area (Å²) in [4.78, 5) is 13.6. The van der Waals surface area contributed by atoms with Crippen molar-refractivity contribution in [2.24, 2.45) is 5.73 Å². The largest absolute Gasteiger partial charge is 0.330 e.